The van der Waals surface area contributed by atoms with Crippen molar-refractivity contribution in [2.45, 2.75) is 12.5 Å². The molecule has 0 amide bonds. The number of aromatic hydroxyl groups is 1. The van der Waals surface area contributed by atoms with Gasteiger partial charge in [-0.2, -0.15) is 0 Å². The van der Waals surface area contributed by atoms with Crippen LogP contribution in [0.2, 0.25) is 0 Å². The lowest BCUT2D eigenvalue weighted by Crippen LogP contribution is -2.47. The van der Waals surface area contributed by atoms with Crippen molar-refractivity contribution in [2.24, 2.45) is 0 Å². The zero-order valence-corrected chi connectivity index (χ0v) is 11.3. The van der Waals surface area contributed by atoms with E-state index in [2.05, 4.69) is 5.32 Å². The molecule has 1 unspecified atom stereocenters. The molecule has 6 heteroatoms. The number of aliphatic carboxylic acids is 1. The molecule has 1 atom stereocenters. The fourth-order valence-corrected chi connectivity index (χ4v) is 1.69. The van der Waals surface area contributed by atoms with Gasteiger partial charge in [0.15, 0.2) is 11.5 Å². The second kappa shape index (κ2) is 6.40. The minimum Gasteiger partial charge on any atom is -0.504 e. The van der Waals surface area contributed by atoms with Gasteiger partial charge < -0.3 is 19.7 Å². The Balaban J connectivity index is 3.07. The van der Waals surface area contributed by atoms with Crippen LogP contribution in [0.25, 0.3) is 0 Å². The number of hydrogen-bond acceptors (Lipinski definition) is 5. The summed E-state index contributed by atoms with van der Waals surface area (Å²) in [6, 6.07) is 4.46. The number of carbonyl (C=O) groups is 1. The molecular weight excluding hydrogens is 250 g/mol. The van der Waals surface area contributed by atoms with Crippen molar-refractivity contribution < 1.29 is 24.5 Å². The predicted octanol–water partition coefficient (Wildman–Crippen LogP) is 0.937. The van der Waals surface area contributed by atoms with Gasteiger partial charge >= 0.3 is 5.97 Å². The number of phenols is 1. The summed E-state index contributed by atoms with van der Waals surface area (Å²) in [6.45, 7) is 2.34. The third kappa shape index (κ3) is 3.36. The van der Waals surface area contributed by atoms with Crippen LogP contribution in [-0.4, -0.2) is 43.6 Å². The monoisotopic (exact) mass is 269 g/mol. The molecule has 1 aromatic rings. The van der Waals surface area contributed by atoms with Crippen molar-refractivity contribution in [1.29, 1.82) is 0 Å². The van der Waals surface area contributed by atoms with Gasteiger partial charge in [-0.1, -0.05) is 6.07 Å². The van der Waals surface area contributed by atoms with Crippen LogP contribution in [0.5, 0.6) is 11.5 Å². The van der Waals surface area contributed by atoms with E-state index in [1.807, 2.05) is 0 Å². The highest BCUT2D eigenvalue weighted by Crippen LogP contribution is 2.31. The molecule has 19 heavy (non-hydrogen) atoms. The summed E-state index contributed by atoms with van der Waals surface area (Å²) in [5, 5.41) is 21.9. The fraction of sp³-hybridized carbons (Fsp3) is 0.462. The van der Waals surface area contributed by atoms with E-state index in [1.165, 1.54) is 19.2 Å². The van der Waals surface area contributed by atoms with Gasteiger partial charge in [0.05, 0.1) is 13.7 Å². The summed E-state index contributed by atoms with van der Waals surface area (Å²) in [4.78, 5) is 11.5. The summed E-state index contributed by atoms with van der Waals surface area (Å²) in [6.07, 6.45) is 0. The number of carboxylic acid groups (broad SMARTS) is 1. The second-order valence-electron chi connectivity index (χ2n) is 4.24. The van der Waals surface area contributed by atoms with Crippen molar-refractivity contribution >= 4 is 5.97 Å². The molecule has 1 aromatic carbocycles. The molecule has 0 bridgehead atoms. The smallest absolute Gasteiger partial charge is 0.328 e. The molecule has 3 N–H and O–H groups in total. The SMILES string of the molecule is COCCNC(C)(C(=O)O)c1ccc(O)c(OC)c1. The normalized spacial score (nSPS) is 13.8. The first-order valence-corrected chi connectivity index (χ1v) is 5.80. The molecule has 6 nitrogen and oxygen atoms in total. The molecule has 0 aliphatic heterocycles. The first-order valence-electron chi connectivity index (χ1n) is 5.80. The first-order chi connectivity index (χ1) is 8.95. The Kier molecular flexibility index (Phi) is 5.14. The largest absolute Gasteiger partial charge is 0.504 e. The number of ether oxygens (including phenoxy) is 2. The van der Waals surface area contributed by atoms with Gasteiger partial charge in [-0.15, -0.1) is 0 Å². The average Bonchev–Trinajstić information content (AvgIpc) is 2.39. The number of carboxylic acids is 1. The molecule has 1 rings (SSSR count). The standard InChI is InChI=1S/C13H19NO5/c1-13(12(16)17,14-6-7-18-2)9-4-5-10(15)11(8-9)19-3/h4-5,8,14-15H,6-7H2,1-3H3,(H,16,17). The Labute approximate surface area is 112 Å². The number of nitrogens with one attached hydrogen (secondary N) is 1. The maximum absolute atomic E-state index is 11.5. The summed E-state index contributed by atoms with van der Waals surface area (Å²) in [5.41, 5.74) is -0.787. The first kappa shape index (κ1) is 15.3. The van der Waals surface area contributed by atoms with E-state index >= 15 is 0 Å². The number of methoxy groups -OCH3 is 2. The number of rotatable bonds is 7. The zero-order chi connectivity index (χ0) is 14.5. The molecule has 0 radical (unpaired) electrons. The van der Waals surface area contributed by atoms with Crippen LogP contribution in [-0.2, 0) is 15.1 Å². The van der Waals surface area contributed by atoms with E-state index in [-0.39, 0.29) is 11.5 Å². The lowest BCUT2D eigenvalue weighted by molar-refractivity contribution is -0.144. The molecule has 0 aliphatic rings. The van der Waals surface area contributed by atoms with E-state index < -0.39 is 11.5 Å². The van der Waals surface area contributed by atoms with Crippen LogP contribution in [0, 0.1) is 0 Å². The number of phenolic OH excluding ortho intramolecular Hbond substituents is 1. The quantitative estimate of drug-likeness (QED) is 0.638. The third-order valence-electron chi connectivity index (χ3n) is 2.97. The van der Waals surface area contributed by atoms with E-state index in [9.17, 15) is 15.0 Å². The van der Waals surface area contributed by atoms with Crippen molar-refractivity contribution in [3.63, 3.8) is 0 Å². The lowest BCUT2D eigenvalue weighted by atomic mass is 9.91. The molecular formula is C13H19NO5. The topological polar surface area (TPSA) is 88.0 Å². The Morgan fingerprint density at radius 3 is 2.63 bits per heavy atom. The fourth-order valence-electron chi connectivity index (χ4n) is 1.69. The van der Waals surface area contributed by atoms with Gasteiger partial charge in [-0.3, -0.25) is 5.32 Å². The van der Waals surface area contributed by atoms with Crippen molar-refractivity contribution in [3.05, 3.63) is 23.8 Å². The van der Waals surface area contributed by atoms with Crippen LogP contribution >= 0.6 is 0 Å². The van der Waals surface area contributed by atoms with E-state index in [1.54, 1.807) is 20.1 Å². The van der Waals surface area contributed by atoms with Crippen LogP contribution < -0.4 is 10.1 Å². The van der Waals surface area contributed by atoms with Gasteiger partial charge in [0.2, 0.25) is 0 Å². The van der Waals surface area contributed by atoms with E-state index in [0.29, 0.717) is 18.7 Å². The molecule has 106 valence electrons. The van der Waals surface area contributed by atoms with Crippen LogP contribution in [0.1, 0.15) is 12.5 Å². The van der Waals surface area contributed by atoms with Crippen molar-refractivity contribution in [1.82, 2.24) is 5.32 Å². The van der Waals surface area contributed by atoms with Crippen LogP contribution in [0.3, 0.4) is 0 Å². The summed E-state index contributed by atoms with van der Waals surface area (Å²) < 4.78 is 9.89. The van der Waals surface area contributed by atoms with E-state index in [4.69, 9.17) is 9.47 Å². The summed E-state index contributed by atoms with van der Waals surface area (Å²) in [7, 11) is 2.96. The highest BCUT2D eigenvalue weighted by atomic mass is 16.5. The summed E-state index contributed by atoms with van der Waals surface area (Å²) in [5.74, 6) is -0.814. The van der Waals surface area contributed by atoms with Gasteiger partial charge in [0.25, 0.3) is 0 Å². The lowest BCUT2D eigenvalue weighted by Gasteiger charge is -2.27. The maximum atomic E-state index is 11.5. The molecule has 0 aromatic heterocycles. The molecule has 0 heterocycles. The van der Waals surface area contributed by atoms with Crippen LogP contribution in [0.4, 0.5) is 0 Å². The van der Waals surface area contributed by atoms with Gasteiger partial charge in [0.1, 0.15) is 5.54 Å². The van der Waals surface area contributed by atoms with E-state index in [0.717, 1.165) is 0 Å². The third-order valence-corrected chi connectivity index (χ3v) is 2.97. The molecule has 0 fully saturated rings. The number of hydrogen-bond donors (Lipinski definition) is 3. The number of benzene rings is 1. The Hall–Kier alpha value is -1.79. The Morgan fingerprint density at radius 2 is 2.11 bits per heavy atom. The maximum Gasteiger partial charge on any atom is 0.328 e. The summed E-state index contributed by atoms with van der Waals surface area (Å²) >= 11 is 0. The van der Waals surface area contributed by atoms with Crippen molar-refractivity contribution in [2.75, 3.05) is 27.4 Å². The zero-order valence-electron chi connectivity index (χ0n) is 11.3. The predicted molar refractivity (Wildman–Crippen MR) is 69.5 cm³/mol. The highest BCUT2D eigenvalue weighted by Gasteiger charge is 2.35. The van der Waals surface area contributed by atoms with Gasteiger partial charge in [-0.25, -0.2) is 4.79 Å². The van der Waals surface area contributed by atoms with Gasteiger partial charge in [-0.05, 0) is 24.6 Å². The second-order valence-corrected chi connectivity index (χ2v) is 4.24. The average molecular weight is 269 g/mol. The van der Waals surface area contributed by atoms with Crippen LogP contribution in [0.15, 0.2) is 18.2 Å². The molecule has 0 spiro atoms. The molecule has 0 saturated heterocycles. The molecule has 0 saturated carbocycles. The van der Waals surface area contributed by atoms with Crippen molar-refractivity contribution in [3.8, 4) is 11.5 Å². The minimum atomic E-state index is -1.28. The highest BCUT2D eigenvalue weighted by molar-refractivity contribution is 5.80. The Morgan fingerprint density at radius 1 is 1.42 bits per heavy atom. The Bertz CT molecular complexity index is 449. The van der Waals surface area contributed by atoms with Gasteiger partial charge in [0, 0.05) is 13.7 Å². The molecule has 0 aliphatic carbocycles. The minimum absolute atomic E-state index is 0.0316.